The summed E-state index contributed by atoms with van der Waals surface area (Å²) in [5.41, 5.74) is 0. The fourth-order valence-corrected chi connectivity index (χ4v) is 2.72. The summed E-state index contributed by atoms with van der Waals surface area (Å²) in [7, 11) is 0. The Balaban J connectivity index is 1.66. The monoisotopic (exact) mass is 297 g/mol. The van der Waals surface area contributed by atoms with Crippen LogP contribution in [0.25, 0.3) is 0 Å². The first-order valence-corrected chi connectivity index (χ1v) is 7.17. The van der Waals surface area contributed by atoms with E-state index in [0.29, 0.717) is 0 Å². The number of benzene rings is 1. The second-order valence-electron chi connectivity index (χ2n) is 4.69. The molecule has 0 aromatic heterocycles. The van der Waals surface area contributed by atoms with Gasteiger partial charge in [-0.15, -0.1) is 0 Å². The van der Waals surface area contributed by atoms with E-state index in [1.165, 1.54) is 19.4 Å². The van der Waals surface area contributed by atoms with E-state index in [4.69, 9.17) is 4.74 Å². The van der Waals surface area contributed by atoms with Crippen LogP contribution in [0.2, 0.25) is 0 Å². The normalized spacial score (nSPS) is 20.7. The van der Waals surface area contributed by atoms with E-state index in [0.717, 1.165) is 35.8 Å². The predicted octanol–water partition coefficient (Wildman–Crippen LogP) is 3.70. The van der Waals surface area contributed by atoms with Gasteiger partial charge in [0.2, 0.25) is 0 Å². The number of hydrogen-bond acceptors (Lipinski definition) is 2. The number of hydrogen-bond donors (Lipinski definition) is 0. The molecule has 0 N–H and O–H groups in total. The van der Waals surface area contributed by atoms with Crippen molar-refractivity contribution in [3.63, 3.8) is 0 Å². The fourth-order valence-electron chi connectivity index (χ4n) is 2.34. The van der Waals surface area contributed by atoms with Gasteiger partial charge in [-0.1, -0.05) is 22.0 Å². The maximum atomic E-state index is 5.73. The minimum atomic E-state index is 0.765. The number of rotatable bonds is 5. The summed E-state index contributed by atoms with van der Waals surface area (Å²) in [6.45, 7) is 5.55. The van der Waals surface area contributed by atoms with E-state index < -0.39 is 0 Å². The molecule has 3 heteroatoms. The molecule has 1 aromatic carbocycles. The van der Waals surface area contributed by atoms with Gasteiger partial charge in [-0.05, 0) is 50.9 Å². The lowest BCUT2D eigenvalue weighted by Gasteiger charge is -2.20. The Labute approximate surface area is 112 Å². The highest BCUT2D eigenvalue weighted by Gasteiger charge is 2.18. The molecule has 1 fully saturated rings. The van der Waals surface area contributed by atoms with E-state index in [9.17, 15) is 0 Å². The van der Waals surface area contributed by atoms with Gasteiger partial charge in [0.05, 0.1) is 6.61 Å². The highest BCUT2D eigenvalue weighted by atomic mass is 79.9. The summed E-state index contributed by atoms with van der Waals surface area (Å²) in [6.07, 6.45) is 3.82. The molecule has 1 heterocycles. The van der Waals surface area contributed by atoms with Crippen LogP contribution in [0, 0.1) is 0 Å². The van der Waals surface area contributed by atoms with E-state index in [2.05, 4.69) is 27.8 Å². The van der Waals surface area contributed by atoms with Crippen molar-refractivity contribution in [2.24, 2.45) is 0 Å². The Morgan fingerprint density at radius 2 is 2.35 bits per heavy atom. The summed E-state index contributed by atoms with van der Waals surface area (Å²) >= 11 is 3.44. The Morgan fingerprint density at radius 3 is 3.06 bits per heavy atom. The van der Waals surface area contributed by atoms with Gasteiger partial charge in [0.15, 0.2) is 0 Å². The topological polar surface area (TPSA) is 12.5 Å². The van der Waals surface area contributed by atoms with Gasteiger partial charge < -0.3 is 9.64 Å². The molecular weight excluding hydrogens is 278 g/mol. The number of ether oxygens (including phenoxy) is 1. The third kappa shape index (κ3) is 4.00. The zero-order chi connectivity index (χ0) is 12.1. The van der Waals surface area contributed by atoms with Gasteiger partial charge >= 0.3 is 0 Å². The van der Waals surface area contributed by atoms with Crippen molar-refractivity contribution in [2.45, 2.75) is 32.2 Å². The van der Waals surface area contributed by atoms with E-state index in [1.54, 1.807) is 0 Å². The second-order valence-corrected chi connectivity index (χ2v) is 5.60. The SMILES string of the molecule is C[C@@H]1CCCN1CCCOc1cccc(Br)c1. The van der Waals surface area contributed by atoms with Crippen molar-refractivity contribution < 1.29 is 4.74 Å². The van der Waals surface area contributed by atoms with Crippen LogP contribution in [0.15, 0.2) is 28.7 Å². The molecule has 0 unspecified atom stereocenters. The van der Waals surface area contributed by atoms with Gasteiger partial charge in [-0.3, -0.25) is 0 Å². The lowest BCUT2D eigenvalue weighted by atomic mass is 10.2. The Bertz CT molecular complexity index is 356. The molecule has 1 saturated heterocycles. The lowest BCUT2D eigenvalue weighted by Crippen LogP contribution is -2.28. The van der Waals surface area contributed by atoms with Crippen molar-refractivity contribution in [3.8, 4) is 5.75 Å². The molecule has 0 saturated carbocycles. The molecule has 0 amide bonds. The number of likely N-dealkylation sites (tertiary alicyclic amines) is 1. The van der Waals surface area contributed by atoms with Crippen molar-refractivity contribution in [1.29, 1.82) is 0 Å². The molecule has 0 radical (unpaired) electrons. The molecule has 1 aromatic rings. The quantitative estimate of drug-likeness (QED) is 0.769. The van der Waals surface area contributed by atoms with Crippen molar-refractivity contribution in [3.05, 3.63) is 28.7 Å². The zero-order valence-corrected chi connectivity index (χ0v) is 11.9. The largest absolute Gasteiger partial charge is 0.494 e. The maximum Gasteiger partial charge on any atom is 0.120 e. The number of halogens is 1. The third-order valence-electron chi connectivity index (χ3n) is 3.35. The molecule has 0 aliphatic carbocycles. The van der Waals surface area contributed by atoms with Crippen molar-refractivity contribution in [2.75, 3.05) is 19.7 Å². The Kier molecular flexibility index (Phi) is 4.86. The summed E-state index contributed by atoms with van der Waals surface area (Å²) in [6, 6.07) is 8.79. The Hall–Kier alpha value is -0.540. The summed E-state index contributed by atoms with van der Waals surface area (Å²) in [5, 5.41) is 0. The smallest absolute Gasteiger partial charge is 0.120 e. The fraction of sp³-hybridized carbons (Fsp3) is 0.571. The van der Waals surface area contributed by atoms with Gasteiger partial charge in [0.25, 0.3) is 0 Å². The molecule has 2 nitrogen and oxygen atoms in total. The lowest BCUT2D eigenvalue weighted by molar-refractivity contribution is 0.230. The van der Waals surface area contributed by atoms with Crippen LogP contribution in [0.1, 0.15) is 26.2 Å². The van der Waals surface area contributed by atoms with Crippen LogP contribution < -0.4 is 4.74 Å². The zero-order valence-electron chi connectivity index (χ0n) is 10.4. The van der Waals surface area contributed by atoms with Gasteiger partial charge in [0, 0.05) is 17.1 Å². The van der Waals surface area contributed by atoms with Crippen molar-refractivity contribution >= 4 is 15.9 Å². The molecule has 1 aliphatic rings. The average molecular weight is 298 g/mol. The van der Waals surface area contributed by atoms with E-state index >= 15 is 0 Å². The molecule has 17 heavy (non-hydrogen) atoms. The molecule has 1 atom stereocenters. The first-order valence-electron chi connectivity index (χ1n) is 6.38. The standard InChI is InChI=1S/C14H20BrNO/c1-12-5-3-8-16(12)9-4-10-17-14-7-2-6-13(15)11-14/h2,6-7,11-12H,3-5,8-10H2,1H3/t12-/m1/s1. The van der Waals surface area contributed by atoms with E-state index in [1.807, 2.05) is 24.3 Å². The molecule has 2 rings (SSSR count). The molecule has 0 spiro atoms. The second kappa shape index (κ2) is 6.41. The number of nitrogens with zero attached hydrogens (tertiary/aromatic N) is 1. The van der Waals surface area contributed by atoms with Gasteiger partial charge in [0.1, 0.15) is 5.75 Å². The highest BCUT2D eigenvalue weighted by Crippen LogP contribution is 2.19. The van der Waals surface area contributed by atoms with Crippen LogP contribution in [0.4, 0.5) is 0 Å². The summed E-state index contributed by atoms with van der Waals surface area (Å²) < 4.78 is 6.80. The average Bonchev–Trinajstić information content (AvgIpc) is 2.71. The Morgan fingerprint density at radius 1 is 1.47 bits per heavy atom. The highest BCUT2D eigenvalue weighted by molar-refractivity contribution is 9.10. The van der Waals surface area contributed by atoms with Gasteiger partial charge in [-0.25, -0.2) is 0 Å². The predicted molar refractivity (Wildman–Crippen MR) is 74.5 cm³/mol. The van der Waals surface area contributed by atoms with E-state index in [-0.39, 0.29) is 0 Å². The minimum absolute atomic E-state index is 0.765. The first kappa shape index (κ1) is 12.9. The van der Waals surface area contributed by atoms with Crippen LogP contribution in [-0.2, 0) is 0 Å². The molecule has 0 bridgehead atoms. The van der Waals surface area contributed by atoms with Crippen LogP contribution in [0.5, 0.6) is 5.75 Å². The first-order chi connectivity index (χ1) is 8.25. The van der Waals surface area contributed by atoms with Crippen molar-refractivity contribution in [1.82, 2.24) is 4.90 Å². The van der Waals surface area contributed by atoms with Crippen LogP contribution in [0.3, 0.4) is 0 Å². The molecule has 1 aliphatic heterocycles. The third-order valence-corrected chi connectivity index (χ3v) is 3.84. The van der Waals surface area contributed by atoms with Gasteiger partial charge in [-0.2, -0.15) is 0 Å². The molecular formula is C14H20BrNO. The molecule has 94 valence electrons. The maximum absolute atomic E-state index is 5.73. The van der Waals surface area contributed by atoms with Crippen LogP contribution >= 0.6 is 15.9 Å². The minimum Gasteiger partial charge on any atom is -0.494 e. The van der Waals surface area contributed by atoms with Crippen LogP contribution in [-0.4, -0.2) is 30.6 Å². The summed E-state index contributed by atoms with van der Waals surface area (Å²) in [5.74, 6) is 0.953. The summed E-state index contributed by atoms with van der Waals surface area (Å²) in [4.78, 5) is 2.56.